The van der Waals surface area contributed by atoms with E-state index in [1.54, 1.807) is 7.11 Å². The van der Waals surface area contributed by atoms with Crippen molar-refractivity contribution in [2.24, 2.45) is 16.6 Å². The number of likely N-dealkylation sites (tertiary alicyclic amines) is 1. The Balaban J connectivity index is 1.45. The van der Waals surface area contributed by atoms with Crippen molar-refractivity contribution in [1.82, 2.24) is 4.90 Å². The molecule has 1 aliphatic rings. The molecule has 28 heavy (non-hydrogen) atoms. The maximum Gasteiger partial charge on any atom is 0.193 e. The van der Waals surface area contributed by atoms with E-state index in [0.717, 1.165) is 37.4 Å². The minimum Gasteiger partial charge on any atom is -0.380 e. The summed E-state index contributed by atoms with van der Waals surface area (Å²) in [6.45, 7) is 6.75. The molecular formula is C23H32N4O. The lowest BCUT2D eigenvalue weighted by molar-refractivity contribution is 0.180. The molecule has 0 spiro atoms. The van der Waals surface area contributed by atoms with Gasteiger partial charge in [-0.2, -0.15) is 0 Å². The summed E-state index contributed by atoms with van der Waals surface area (Å²) >= 11 is 0. The van der Waals surface area contributed by atoms with E-state index in [0.29, 0.717) is 18.5 Å². The summed E-state index contributed by atoms with van der Waals surface area (Å²) < 4.78 is 5.24. The molecule has 0 atom stereocenters. The molecule has 3 rings (SSSR count). The third-order valence-corrected chi connectivity index (χ3v) is 5.33. The van der Waals surface area contributed by atoms with Crippen LogP contribution in [0.5, 0.6) is 0 Å². The van der Waals surface area contributed by atoms with Gasteiger partial charge in [0.2, 0.25) is 0 Å². The molecule has 0 unspecified atom stereocenters. The molecule has 1 heterocycles. The van der Waals surface area contributed by atoms with Gasteiger partial charge in [0, 0.05) is 31.5 Å². The minimum atomic E-state index is 0.477. The first-order valence-electron chi connectivity index (χ1n) is 10.1. The number of para-hydroxylation sites is 1. The predicted octanol–water partition coefficient (Wildman–Crippen LogP) is 3.78. The van der Waals surface area contributed by atoms with Crippen molar-refractivity contribution in [2.45, 2.75) is 32.9 Å². The minimum absolute atomic E-state index is 0.477. The molecule has 1 saturated heterocycles. The Bertz CT molecular complexity index is 764. The number of hydrogen-bond donors (Lipinski definition) is 2. The number of nitrogens with one attached hydrogen (secondary N) is 1. The summed E-state index contributed by atoms with van der Waals surface area (Å²) in [6, 6.07) is 16.9. The highest BCUT2D eigenvalue weighted by molar-refractivity contribution is 5.92. The molecule has 0 saturated carbocycles. The second-order valence-electron chi connectivity index (χ2n) is 7.65. The van der Waals surface area contributed by atoms with Crippen LogP contribution in [0.15, 0.2) is 53.5 Å². The zero-order valence-corrected chi connectivity index (χ0v) is 17.0. The molecule has 0 aromatic heterocycles. The Hall–Kier alpha value is -2.37. The van der Waals surface area contributed by atoms with Gasteiger partial charge >= 0.3 is 0 Å². The summed E-state index contributed by atoms with van der Waals surface area (Å²) in [5.74, 6) is 1.08. The van der Waals surface area contributed by atoms with E-state index in [9.17, 15) is 0 Å². The van der Waals surface area contributed by atoms with E-state index in [1.165, 1.54) is 24.0 Å². The number of guanidine groups is 1. The summed E-state index contributed by atoms with van der Waals surface area (Å²) in [5.41, 5.74) is 10.9. The molecule has 5 nitrogen and oxygen atoms in total. The zero-order valence-electron chi connectivity index (χ0n) is 17.0. The Labute approximate surface area is 168 Å². The van der Waals surface area contributed by atoms with E-state index in [2.05, 4.69) is 46.4 Å². The second kappa shape index (κ2) is 10.2. The number of aryl methyl sites for hydroxylation is 1. The van der Waals surface area contributed by atoms with Crippen LogP contribution in [0.1, 0.15) is 29.5 Å². The largest absolute Gasteiger partial charge is 0.380 e. The zero-order chi connectivity index (χ0) is 19.8. The Morgan fingerprint density at radius 1 is 1.14 bits per heavy atom. The van der Waals surface area contributed by atoms with Crippen LogP contribution in [0, 0.1) is 12.8 Å². The molecule has 0 radical (unpaired) electrons. The first kappa shape index (κ1) is 20.4. The number of piperidine rings is 1. The van der Waals surface area contributed by atoms with Crippen LogP contribution in [-0.4, -0.2) is 37.6 Å². The van der Waals surface area contributed by atoms with Crippen LogP contribution >= 0.6 is 0 Å². The van der Waals surface area contributed by atoms with Crippen molar-refractivity contribution < 1.29 is 4.74 Å². The molecule has 3 N–H and O–H groups in total. The fourth-order valence-corrected chi connectivity index (χ4v) is 3.61. The molecule has 2 aromatic rings. The van der Waals surface area contributed by atoms with Gasteiger partial charge in [0.1, 0.15) is 0 Å². The third-order valence-electron chi connectivity index (χ3n) is 5.33. The predicted molar refractivity (Wildman–Crippen MR) is 116 cm³/mol. The van der Waals surface area contributed by atoms with E-state index in [-0.39, 0.29) is 0 Å². The highest BCUT2D eigenvalue weighted by Gasteiger charge is 2.19. The van der Waals surface area contributed by atoms with Crippen molar-refractivity contribution >= 4 is 11.6 Å². The van der Waals surface area contributed by atoms with Crippen LogP contribution in [0.4, 0.5) is 5.69 Å². The van der Waals surface area contributed by atoms with Gasteiger partial charge in [0.25, 0.3) is 0 Å². The van der Waals surface area contributed by atoms with Crippen molar-refractivity contribution in [3.8, 4) is 0 Å². The molecule has 5 heteroatoms. The van der Waals surface area contributed by atoms with Crippen molar-refractivity contribution in [2.75, 3.05) is 32.1 Å². The molecule has 0 amide bonds. The smallest absolute Gasteiger partial charge is 0.193 e. The average molecular weight is 381 g/mol. The number of ether oxygens (including phenoxy) is 1. The SMILES string of the molecule is COCc1ccccc1NC(N)=NCC1CCN(Cc2ccc(C)cc2)CC1. The number of nitrogens with zero attached hydrogens (tertiary/aromatic N) is 2. The average Bonchev–Trinajstić information content (AvgIpc) is 2.71. The van der Waals surface area contributed by atoms with Gasteiger partial charge in [-0.25, -0.2) is 0 Å². The topological polar surface area (TPSA) is 62.9 Å². The van der Waals surface area contributed by atoms with Crippen molar-refractivity contribution in [3.63, 3.8) is 0 Å². The lowest BCUT2D eigenvalue weighted by Gasteiger charge is -2.31. The first-order chi connectivity index (χ1) is 13.6. The van der Waals surface area contributed by atoms with Gasteiger partial charge < -0.3 is 15.8 Å². The van der Waals surface area contributed by atoms with Gasteiger partial charge in [0.05, 0.1) is 6.61 Å². The van der Waals surface area contributed by atoms with Crippen LogP contribution in [0.25, 0.3) is 0 Å². The van der Waals surface area contributed by atoms with Gasteiger partial charge in [0.15, 0.2) is 5.96 Å². The molecule has 0 bridgehead atoms. The quantitative estimate of drug-likeness (QED) is 0.567. The highest BCUT2D eigenvalue weighted by Crippen LogP contribution is 2.20. The normalized spacial score (nSPS) is 16.3. The lowest BCUT2D eigenvalue weighted by Crippen LogP contribution is -2.34. The van der Waals surface area contributed by atoms with Crippen LogP contribution in [0.2, 0.25) is 0 Å². The standard InChI is InChI=1S/C23H32N4O/c1-18-7-9-20(10-8-18)16-27-13-11-19(12-14-27)15-25-23(24)26-22-6-4-3-5-21(22)17-28-2/h3-10,19H,11-17H2,1-2H3,(H3,24,25,26). The summed E-state index contributed by atoms with van der Waals surface area (Å²) in [6.07, 6.45) is 2.34. The van der Waals surface area contributed by atoms with Crippen LogP contribution in [-0.2, 0) is 17.9 Å². The van der Waals surface area contributed by atoms with E-state index in [4.69, 9.17) is 10.5 Å². The Kier molecular flexibility index (Phi) is 7.46. The van der Waals surface area contributed by atoms with Crippen molar-refractivity contribution in [1.29, 1.82) is 0 Å². The molecule has 0 aliphatic carbocycles. The Morgan fingerprint density at radius 3 is 2.57 bits per heavy atom. The van der Waals surface area contributed by atoms with Gasteiger partial charge in [-0.05, 0) is 50.4 Å². The Morgan fingerprint density at radius 2 is 1.86 bits per heavy atom. The summed E-state index contributed by atoms with van der Waals surface area (Å²) in [4.78, 5) is 7.12. The molecule has 2 aromatic carbocycles. The number of methoxy groups -OCH3 is 1. The van der Waals surface area contributed by atoms with Gasteiger partial charge in [-0.3, -0.25) is 9.89 Å². The van der Waals surface area contributed by atoms with Gasteiger partial charge in [-0.1, -0.05) is 48.0 Å². The number of anilines is 1. The molecule has 1 fully saturated rings. The lowest BCUT2D eigenvalue weighted by atomic mass is 9.96. The van der Waals surface area contributed by atoms with E-state index < -0.39 is 0 Å². The number of nitrogens with two attached hydrogens (primary N) is 1. The maximum absolute atomic E-state index is 6.12. The second-order valence-corrected chi connectivity index (χ2v) is 7.65. The van der Waals surface area contributed by atoms with Crippen LogP contribution in [0.3, 0.4) is 0 Å². The number of hydrogen-bond acceptors (Lipinski definition) is 3. The molecule has 1 aliphatic heterocycles. The molecular weight excluding hydrogens is 348 g/mol. The maximum atomic E-state index is 6.12. The first-order valence-corrected chi connectivity index (χ1v) is 10.1. The van der Waals surface area contributed by atoms with Gasteiger partial charge in [-0.15, -0.1) is 0 Å². The monoisotopic (exact) mass is 380 g/mol. The fourth-order valence-electron chi connectivity index (χ4n) is 3.61. The molecule has 150 valence electrons. The van der Waals surface area contributed by atoms with E-state index >= 15 is 0 Å². The summed E-state index contributed by atoms with van der Waals surface area (Å²) in [5, 5.41) is 3.22. The van der Waals surface area contributed by atoms with Crippen LogP contribution < -0.4 is 11.1 Å². The van der Waals surface area contributed by atoms with Crippen molar-refractivity contribution in [3.05, 3.63) is 65.2 Å². The number of rotatable bonds is 7. The fraction of sp³-hybridized carbons (Fsp3) is 0.435. The number of benzene rings is 2. The number of aliphatic imine (C=N–C) groups is 1. The summed E-state index contributed by atoms with van der Waals surface area (Å²) in [7, 11) is 1.69. The van der Waals surface area contributed by atoms with E-state index in [1.807, 2.05) is 24.3 Å². The highest BCUT2D eigenvalue weighted by atomic mass is 16.5. The third kappa shape index (κ3) is 6.08.